The van der Waals surface area contributed by atoms with Gasteiger partial charge in [-0.2, -0.15) is 5.26 Å². The zero-order chi connectivity index (χ0) is 15.2. The second-order valence-corrected chi connectivity index (χ2v) is 5.98. The summed E-state index contributed by atoms with van der Waals surface area (Å²) in [6, 6.07) is 12.0. The topological polar surface area (TPSA) is 57.3 Å². The van der Waals surface area contributed by atoms with Gasteiger partial charge in [-0.15, -0.1) is 11.3 Å². The van der Waals surface area contributed by atoms with Crippen LogP contribution in [-0.2, 0) is 11.3 Å². The first-order valence-corrected chi connectivity index (χ1v) is 7.61. The van der Waals surface area contributed by atoms with E-state index in [1.807, 2.05) is 19.2 Å². The smallest absolute Gasteiger partial charge is 0.280 e. The van der Waals surface area contributed by atoms with Crippen LogP contribution < -0.4 is 10.2 Å². The normalized spacial score (nSPS) is 11.7. The molecular formula is C16H18N3OS+. The number of rotatable bonds is 5. The van der Waals surface area contributed by atoms with Crippen LogP contribution in [0.15, 0.2) is 35.7 Å². The van der Waals surface area contributed by atoms with Crippen molar-refractivity contribution in [3.05, 3.63) is 52.4 Å². The van der Waals surface area contributed by atoms with E-state index >= 15 is 0 Å². The predicted molar refractivity (Wildman–Crippen MR) is 84.3 cm³/mol. The number of carbonyl (C=O) groups excluding carboxylic acids is 1. The number of anilines is 1. The summed E-state index contributed by atoms with van der Waals surface area (Å²) >= 11 is 1.37. The average molecular weight is 300 g/mol. The van der Waals surface area contributed by atoms with Crippen LogP contribution in [0.2, 0.25) is 0 Å². The Morgan fingerprint density at radius 3 is 2.86 bits per heavy atom. The molecule has 21 heavy (non-hydrogen) atoms. The van der Waals surface area contributed by atoms with Gasteiger partial charge in [-0.3, -0.25) is 4.79 Å². The summed E-state index contributed by atoms with van der Waals surface area (Å²) in [5.41, 5.74) is 3.00. The largest absolute Gasteiger partial charge is 0.326 e. The zero-order valence-corrected chi connectivity index (χ0v) is 13.0. The Kier molecular flexibility index (Phi) is 5.09. The summed E-state index contributed by atoms with van der Waals surface area (Å²) in [5, 5.41) is 14.2. The first-order valence-electron chi connectivity index (χ1n) is 6.73. The Hall–Kier alpha value is -2.16. The minimum atomic E-state index is -0.0694. The zero-order valence-electron chi connectivity index (χ0n) is 12.1. The molecule has 4 nitrogen and oxygen atoms in total. The number of aryl methyl sites for hydroxylation is 1. The van der Waals surface area contributed by atoms with Gasteiger partial charge in [0.05, 0.1) is 12.6 Å². The highest BCUT2D eigenvalue weighted by Gasteiger charge is 2.14. The average Bonchev–Trinajstić information content (AvgIpc) is 2.88. The number of likely N-dealkylation sites (N-methyl/N-ethyl adjacent to an activating group) is 1. The molecule has 1 heterocycles. The second-order valence-electron chi connectivity index (χ2n) is 5.06. The van der Waals surface area contributed by atoms with Crippen LogP contribution in [0.4, 0.5) is 5.00 Å². The van der Waals surface area contributed by atoms with Crippen molar-refractivity contribution in [2.24, 2.45) is 0 Å². The molecule has 108 valence electrons. The molecule has 0 radical (unpaired) electrons. The lowest BCUT2D eigenvalue weighted by Crippen LogP contribution is -3.08. The number of hydrogen-bond donors (Lipinski definition) is 2. The number of quaternary nitrogens is 1. The number of carbonyl (C=O) groups is 1. The lowest BCUT2D eigenvalue weighted by molar-refractivity contribution is -0.885. The Labute approximate surface area is 128 Å². The van der Waals surface area contributed by atoms with Crippen LogP contribution in [0.25, 0.3) is 0 Å². The third-order valence-corrected chi connectivity index (χ3v) is 4.08. The number of nitrogens with zero attached hydrogens (tertiary/aromatic N) is 1. The molecule has 1 unspecified atom stereocenters. The summed E-state index contributed by atoms with van der Waals surface area (Å²) in [5.74, 6) is -0.0694. The fourth-order valence-corrected chi connectivity index (χ4v) is 2.89. The molecule has 0 spiro atoms. The first kappa shape index (κ1) is 15.2. The number of benzene rings is 1. The van der Waals surface area contributed by atoms with Crippen LogP contribution in [0.5, 0.6) is 0 Å². The minimum Gasteiger partial charge on any atom is -0.326 e. The fraction of sp³-hybridized carbons (Fsp3) is 0.250. The van der Waals surface area contributed by atoms with E-state index in [2.05, 4.69) is 30.4 Å². The molecule has 0 aliphatic carbocycles. The van der Waals surface area contributed by atoms with Crippen molar-refractivity contribution in [2.45, 2.75) is 13.5 Å². The molecule has 0 saturated heterocycles. The van der Waals surface area contributed by atoms with Gasteiger partial charge in [-0.1, -0.05) is 24.3 Å². The molecule has 2 aromatic rings. The summed E-state index contributed by atoms with van der Waals surface area (Å²) < 4.78 is 0. The fourth-order valence-electron chi connectivity index (χ4n) is 2.14. The van der Waals surface area contributed by atoms with E-state index in [4.69, 9.17) is 5.26 Å². The van der Waals surface area contributed by atoms with E-state index in [9.17, 15) is 4.79 Å². The summed E-state index contributed by atoms with van der Waals surface area (Å²) in [4.78, 5) is 13.1. The molecule has 0 aliphatic heterocycles. The highest BCUT2D eigenvalue weighted by Crippen LogP contribution is 2.21. The molecule has 1 atom stereocenters. The third-order valence-electron chi connectivity index (χ3n) is 3.25. The standard InChI is InChI=1S/C16H17N3OS/c1-12-5-3-4-6-14(12)10-19(2)11-15(20)18-16-13(9-17)7-8-21-16/h3-8H,10-11H2,1-2H3,(H,18,20)/p+1. The van der Waals surface area contributed by atoms with Crippen molar-refractivity contribution in [3.63, 3.8) is 0 Å². The van der Waals surface area contributed by atoms with Gasteiger partial charge in [0.2, 0.25) is 0 Å². The van der Waals surface area contributed by atoms with E-state index in [1.54, 1.807) is 11.4 Å². The van der Waals surface area contributed by atoms with Gasteiger partial charge >= 0.3 is 0 Å². The van der Waals surface area contributed by atoms with Crippen LogP contribution in [0.1, 0.15) is 16.7 Å². The summed E-state index contributed by atoms with van der Waals surface area (Å²) in [6.07, 6.45) is 0. The maximum Gasteiger partial charge on any atom is 0.280 e. The number of nitrogens with one attached hydrogen (secondary N) is 2. The van der Waals surface area contributed by atoms with E-state index in [-0.39, 0.29) is 5.91 Å². The summed E-state index contributed by atoms with van der Waals surface area (Å²) in [6.45, 7) is 3.25. The van der Waals surface area contributed by atoms with Crippen molar-refractivity contribution >= 4 is 22.2 Å². The molecule has 2 N–H and O–H groups in total. The molecule has 0 saturated carbocycles. The van der Waals surface area contributed by atoms with E-state index in [0.29, 0.717) is 17.1 Å². The highest BCUT2D eigenvalue weighted by molar-refractivity contribution is 7.14. The Morgan fingerprint density at radius 1 is 1.38 bits per heavy atom. The predicted octanol–water partition coefficient (Wildman–Crippen LogP) is 1.58. The number of amides is 1. The molecule has 1 aromatic heterocycles. The van der Waals surface area contributed by atoms with Crippen molar-refractivity contribution in [3.8, 4) is 6.07 Å². The molecule has 1 aromatic carbocycles. The van der Waals surface area contributed by atoms with Gasteiger partial charge in [0, 0.05) is 5.56 Å². The molecule has 2 rings (SSSR count). The van der Waals surface area contributed by atoms with Crippen molar-refractivity contribution in [2.75, 3.05) is 18.9 Å². The molecule has 5 heteroatoms. The van der Waals surface area contributed by atoms with Crippen LogP contribution in [-0.4, -0.2) is 19.5 Å². The van der Waals surface area contributed by atoms with Gasteiger partial charge in [0.15, 0.2) is 6.54 Å². The molecule has 1 amide bonds. The van der Waals surface area contributed by atoms with Crippen molar-refractivity contribution in [1.29, 1.82) is 5.26 Å². The lowest BCUT2D eigenvalue weighted by Gasteiger charge is -2.15. The van der Waals surface area contributed by atoms with Crippen LogP contribution >= 0.6 is 11.3 Å². The SMILES string of the molecule is Cc1ccccc1C[NH+](C)CC(=O)Nc1sccc1C#N. The Morgan fingerprint density at radius 2 is 2.14 bits per heavy atom. The van der Waals surface area contributed by atoms with Gasteiger partial charge < -0.3 is 10.2 Å². The van der Waals surface area contributed by atoms with Gasteiger partial charge in [0.25, 0.3) is 5.91 Å². The van der Waals surface area contributed by atoms with E-state index in [1.165, 1.54) is 22.5 Å². The van der Waals surface area contributed by atoms with Crippen molar-refractivity contribution in [1.82, 2.24) is 0 Å². The van der Waals surface area contributed by atoms with E-state index in [0.717, 1.165) is 11.4 Å². The molecule has 0 bridgehead atoms. The highest BCUT2D eigenvalue weighted by atomic mass is 32.1. The van der Waals surface area contributed by atoms with Gasteiger partial charge in [0.1, 0.15) is 17.6 Å². The number of thiophene rings is 1. The van der Waals surface area contributed by atoms with Crippen LogP contribution in [0, 0.1) is 18.3 Å². The van der Waals surface area contributed by atoms with Gasteiger partial charge in [-0.25, -0.2) is 0 Å². The molecule has 0 aliphatic rings. The maximum atomic E-state index is 12.0. The molecular weight excluding hydrogens is 282 g/mol. The van der Waals surface area contributed by atoms with E-state index < -0.39 is 0 Å². The second kappa shape index (κ2) is 7.02. The van der Waals surface area contributed by atoms with Crippen LogP contribution in [0.3, 0.4) is 0 Å². The monoisotopic (exact) mass is 300 g/mol. The molecule has 0 fully saturated rings. The minimum absolute atomic E-state index is 0.0694. The van der Waals surface area contributed by atoms with Gasteiger partial charge in [-0.05, 0) is 23.9 Å². The lowest BCUT2D eigenvalue weighted by atomic mass is 10.1. The number of nitriles is 1. The number of hydrogen-bond acceptors (Lipinski definition) is 3. The third kappa shape index (κ3) is 4.15. The Bertz CT molecular complexity index is 672. The quantitative estimate of drug-likeness (QED) is 0.881. The summed E-state index contributed by atoms with van der Waals surface area (Å²) in [7, 11) is 1.99. The first-order chi connectivity index (χ1) is 10.1. The Balaban J connectivity index is 1.91. The van der Waals surface area contributed by atoms with Crippen molar-refractivity contribution < 1.29 is 9.69 Å². The maximum absolute atomic E-state index is 12.0.